The number of sulfone groups is 1. The molecule has 0 aromatic heterocycles. The molecule has 0 aliphatic rings. The number of benzene rings is 1. The molecule has 0 unspecified atom stereocenters. The minimum atomic E-state index is -2.98. The van der Waals surface area contributed by atoms with Crippen molar-refractivity contribution in [1.29, 1.82) is 0 Å². The average Bonchev–Trinajstić information content (AvgIpc) is 2.18. The van der Waals surface area contributed by atoms with Gasteiger partial charge in [-0.25, -0.2) is 8.42 Å². The van der Waals surface area contributed by atoms with Crippen molar-refractivity contribution in [2.75, 3.05) is 18.6 Å². The molecule has 0 radical (unpaired) electrons. The van der Waals surface area contributed by atoms with Gasteiger partial charge in [0.05, 0.1) is 5.75 Å². The lowest BCUT2D eigenvalue weighted by Crippen LogP contribution is -2.13. The van der Waals surface area contributed by atoms with E-state index in [1.165, 1.54) is 6.26 Å². The zero-order chi connectivity index (χ0) is 12.2. The van der Waals surface area contributed by atoms with Crippen LogP contribution in [0.15, 0.2) is 18.2 Å². The molecule has 0 aliphatic heterocycles. The molecule has 16 heavy (non-hydrogen) atoms. The molecule has 0 spiro atoms. The van der Waals surface area contributed by atoms with Gasteiger partial charge in [-0.2, -0.15) is 0 Å². The Morgan fingerprint density at radius 3 is 2.62 bits per heavy atom. The first kappa shape index (κ1) is 13.0. The zero-order valence-corrected chi connectivity index (χ0v) is 10.4. The van der Waals surface area contributed by atoms with Crippen LogP contribution in [-0.2, 0) is 16.4 Å². The summed E-state index contributed by atoms with van der Waals surface area (Å²) in [7, 11) is -2.98. The quantitative estimate of drug-likeness (QED) is 0.833. The van der Waals surface area contributed by atoms with Crippen LogP contribution in [-0.4, -0.2) is 27.0 Å². The Balaban J connectivity index is 2.73. The molecular formula is C11H17NO3S. The van der Waals surface area contributed by atoms with Crippen LogP contribution in [0.2, 0.25) is 0 Å². The molecule has 0 saturated carbocycles. The van der Waals surface area contributed by atoms with E-state index in [2.05, 4.69) is 0 Å². The summed E-state index contributed by atoms with van der Waals surface area (Å²) in [6, 6.07) is 5.69. The molecule has 0 fully saturated rings. The van der Waals surface area contributed by atoms with Crippen LogP contribution in [0.3, 0.4) is 0 Å². The topological polar surface area (TPSA) is 69.4 Å². The van der Waals surface area contributed by atoms with E-state index in [-0.39, 0.29) is 12.4 Å². The SMILES string of the molecule is Cc1cccc(CN)c1OCCS(C)(=O)=O. The molecule has 1 rings (SSSR count). The van der Waals surface area contributed by atoms with E-state index >= 15 is 0 Å². The number of aryl methyl sites for hydroxylation is 1. The summed E-state index contributed by atoms with van der Waals surface area (Å²) in [6.07, 6.45) is 1.19. The Morgan fingerprint density at radius 1 is 1.38 bits per heavy atom. The van der Waals surface area contributed by atoms with Crippen molar-refractivity contribution in [2.24, 2.45) is 5.73 Å². The van der Waals surface area contributed by atoms with Crippen LogP contribution in [0.25, 0.3) is 0 Å². The van der Waals surface area contributed by atoms with E-state index in [9.17, 15) is 8.42 Å². The van der Waals surface area contributed by atoms with Crippen LogP contribution >= 0.6 is 0 Å². The van der Waals surface area contributed by atoms with Gasteiger partial charge in [0.15, 0.2) is 9.84 Å². The second-order valence-electron chi connectivity index (χ2n) is 3.75. The van der Waals surface area contributed by atoms with Gasteiger partial charge in [-0.05, 0) is 12.5 Å². The Morgan fingerprint density at radius 2 is 2.06 bits per heavy atom. The molecule has 1 aromatic carbocycles. The van der Waals surface area contributed by atoms with E-state index in [1.807, 2.05) is 25.1 Å². The van der Waals surface area contributed by atoms with Crippen molar-refractivity contribution in [3.05, 3.63) is 29.3 Å². The minimum absolute atomic E-state index is 0.0192. The standard InChI is InChI=1S/C11H17NO3S/c1-9-4-3-5-10(8-12)11(9)15-6-7-16(2,13)14/h3-5H,6-8,12H2,1-2H3. The van der Waals surface area contributed by atoms with Gasteiger partial charge in [0.25, 0.3) is 0 Å². The van der Waals surface area contributed by atoms with Crippen molar-refractivity contribution < 1.29 is 13.2 Å². The highest BCUT2D eigenvalue weighted by atomic mass is 32.2. The van der Waals surface area contributed by atoms with Crippen LogP contribution in [0.4, 0.5) is 0 Å². The maximum atomic E-state index is 11.0. The van der Waals surface area contributed by atoms with Gasteiger partial charge in [0, 0.05) is 18.4 Å². The third-order valence-electron chi connectivity index (χ3n) is 2.21. The van der Waals surface area contributed by atoms with Gasteiger partial charge in [-0.3, -0.25) is 0 Å². The fraction of sp³-hybridized carbons (Fsp3) is 0.455. The first-order chi connectivity index (χ1) is 7.44. The Bertz CT molecular complexity index is 454. The molecule has 2 N–H and O–H groups in total. The maximum Gasteiger partial charge on any atom is 0.150 e. The molecule has 0 saturated heterocycles. The number of hydrogen-bond donors (Lipinski definition) is 1. The molecule has 0 aliphatic carbocycles. The van der Waals surface area contributed by atoms with Gasteiger partial charge in [-0.15, -0.1) is 0 Å². The molecule has 90 valence electrons. The van der Waals surface area contributed by atoms with Crippen molar-refractivity contribution in [1.82, 2.24) is 0 Å². The third-order valence-corrected chi connectivity index (χ3v) is 3.12. The minimum Gasteiger partial charge on any atom is -0.492 e. The second kappa shape index (κ2) is 5.32. The highest BCUT2D eigenvalue weighted by Crippen LogP contribution is 2.22. The fourth-order valence-corrected chi connectivity index (χ4v) is 1.76. The van der Waals surface area contributed by atoms with Crippen molar-refractivity contribution in [3.8, 4) is 5.75 Å². The highest BCUT2D eigenvalue weighted by molar-refractivity contribution is 7.90. The largest absolute Gasteiger partial charge is 0.492 e. The van der Waals surface area contributed by atoms with E-state index in [4.69, 9.17) is 10.5 Å². The van der Waals surface area contributed by atoms with Crippen molar-refractivity contribution in [2.45, 2.75) is 13.5 Å². The highest BCUT2D eigenvalue weighted by Gasteiger charge is 2.07. The molecule has 0 bridgehead atoms. The molecular weight excluding hydrogens is 226 g/mol. The fourth-order valence-electron chi connectivity index (χ4n) is 1.38. The van der Waals surface area contributed by atoms with Crippen LogP contribution < -0.4 is 10.5 Å². The molecule has 0 atom stereocenters. The molecule has 1 aromatic rings. The average molecular weight is 243 g/mol. The smallest absolute Gasteiger partial charge is 0.150 e. The predicted molar refractivity (Wildman–Crippen MR) is 64.3 cm³/mol. The Labute approximate surface area is 96.3 Å². The lowest BCUT2D eigenvalue weighted by molar-refractivity contribution is 0.335. The van der Waals surface area contributed by atoms with Crippen LogP contribution in [0.1, 0.15) is 11.1 Å². The van der Waals surface area contributed by atoms with E-state index in [1.54, 1.807) is 0 Å². The number of nitrogens with two attached hydrogens (primary N) is 1. The molecule has 4 nitrogen and oxygen atoms in total. The Hall–Kier alpha value is -1.07. The van der Waals surface area contributed by atoms with Crippen LogP contribution in [0, 0.1) is 6.92 Å². The number of ether oxygens (including phenoxy) is 1. The number of hydrogen-bond acceptors (Lipinski definition) is 4. The van der Waals surface area contributed by atoms with E-state index < -0.39 is 9.84 Å². The van der Waals surface area contributed by atoms with Gasteiger partial charge in [-0.1, -0.05) is 18.2 Å². The van der Waals surface area contributed by atoms with Gasteiger partial charge in [0.1, 0.15) is 12.4 Å². The monoisotopic (exact) mass is 243 g/mol. The summed E-state index contributed by atoms with van der Waals surface area (Å²) in [5.41, 5.74) is 7.44. The molecule has 0 amide bonds. The first-order valence-corrected chi connectivity index (χ1v) is 7.09. The summed E-state index contributed by atoms with van der Waals surface area (Å²) in [6.45, 7) is 2.46. The Kier molecular flexibility index (Phi) is 4.32. The summed E-state index contributed by atoms with van der Waals surface area (Å²) in [5.74, 6) is 0.722. The van der Waals surface area contributed by atoms with Crippen molar-refractivity contribution >= 4 is 9.84 Å². The molecule has 5 heteroatoms. The lowest BCUT2D eigenvalue weighted by atomic mass is 10.1. The number of rotatable bonds is 5. The summed E-state index contributed by atoms with van der Waals surface area (Å²) >= 11 is 0. The van der Waals surface area contributed by atoms with E-state index in [0.717, 1.165) is 11.1 Å². The first-order valence-electron chi connectivity index (χ1n) is 5.03. The van der Waals surface area contributed by atoms with Crippen LogP contribution in [0.5, 0.6) is 5.75 Å². The number of para-hydroxylation sites is 1. The summed E-state index contributed by atoms with van der Waals surface area (Å²) < 4.78 is 27.4. The normalized spacial score (nSPS) is 11.4. The van der Waals surface area contributed by atoms with Crippen molar-refractivity contribution in [3.63, 3.8) is 0 Å². The van der Waals surface area contributed by atoms with E-state index in [0.29, 0.717) is 12.3 Å². The maximum absolute atomic E-state index is 11.0. The summed E-state index contributed by atoms with van der Waals surface area (Å²) in [4.78, 5) is 0. The summed E-state index contributed by atoms with van der Waals surface area (Å²) in [5, 5.41) is 0. The van der Waals surface area contributed by atoms with Gasteiger partial charge < -0.3 is 10.5 Å². The van der Waals surface area contributed by atoms with Gasteiger partial charge in [0.2, 0.25) is 0 Å². The second-order valence-corrected chi connectivity index (χ2v) is 6.01. The van der Waals surface area contributed by atoms with Gasteiger partial charge >= 0.3 is 0 Å². The lowest BCUT2D eigenvalue weighted by Gasteiger charge is -2.12. The third kappa shape index (κ3) is 3.83. The predicted octanol–water partition coefficient (Wildman–Crippen LogP) is 0.877. The zero-order valence-electron chi connectivity index (χ0n) is 9.56. The molecule has 0 heterocycles.